The van der Waals surface area contributed by atoms with Crippen LogP contribution >= 0.6 is 22.9 Å². The van der Waals surface area contributed by atoms with Crippen molar-refractivity contribution >= 4 is 34.6 Å². The van der Waals surface area contributed by atoms with Gasteiger partial charge in [-0.2, -0.15) is 0 Å². The maximum absolute atomic E-state index is 12.1. The number of rotatable bonds is 2. The molecule has 17 heavy (non-hydrogen) atoms. The molecule has 0 radical (unpaired) electrons. The van der Waals surface area contributed by atoms with E-state index in [4.69, 9.17) is 11.6 Å². The summed E-state index contributed by atoms with van der Waals surface area (Å²) in [6.45, 7) is 2.94. The van der Waals surface area contributed by atoms with E-state index in [2.05, 4.69) is 0 Å². The van der Waals surface area contributed by atoms with Gasteiger partial charge < -0.3 is 4.90 Å². The fourth-order valence-electron chi connectivity index (χ4n) is 2.10. The maximum atomic E-state index is 12.1. The Morgan fingerprint density at radius 3 is 2.47 bits per heavy atom. The van der Waals surface area contributed by atoms with Crippen molar-refractivity contribution in [1.29, 1.82) is 0 Å². The molecule has 2 rings (SSSR count). The van der Waals surface area contributed by atoms with Gasteiger partial charge in [0.05, 0.1) is 9.21 Å². The number of thiophene rings is 1. The molecule has 2 heterocycles. The predicted octanol–water partition coefficient (Wildman–Crippen LogP) is 2.84. The number of hydrogen-bond donors (Lipinski definition) is 0. The van der Waals surface area contributed by atoms with E-state index in [1.54, 1.807) is 24.0 Å². The van der Waals surface area contributed by atoms with Crippen molar-refractivity contribution in [2.24, 2.45) is 5.92 Å². The molecule has 0 unspecified atom stereocenters. The van der Waals surface area contributed by atoms with E-state index in [1.807, 2.05) is 0 Å². The minimum Gasteiger partial charge on any atom is -0.343 e. The Morgan fingerprint density at radius 1 is 1.35 bits per heavy atom. The number of halogens is 1. The number of carbonyl (C=O) groups is 2. The van der Waals surface area contributed by atoms with Gasteiger partial charge in [0.15, 0.2) is 5.78 Å². The Morgan fingerprint density at radius 2 is 2.00 bits per heavy atom. The summed E-state index contributed by atoms with van der Waals surface area (Å²) in [4.78, 5) is 25.8. The van der Waals surface area contributed by atoms with E-state index >= 15 is 0 Å². The van der Waals surface area contributed by atoms with Gasteiger partial charge in [-0.05, 0) is 25.0 Å². The number of nitrogens with zero attached hydrogens (tertiary/aromatic N) is 1. The Bertz CT molecular complexity index is 435. The highest BCUT2D eigenvalue weighted by Crippen LogP contribution is 2.27. The standard InChI is InChI=1S/C12H14ClNO2S/c1-8(15)14-6-4-9(5-7-14)12(16)10-2-3-11(13)17-10/h2-3,9H,4-7H2,1H3. The first-order valence-corrected chi connectivity index (χ1v) is 6.82. The fraction of sp³-hybridized carbons (Fsp3) is 0.500. The minimum absolute atomic E-state index is 0.0420. The van der Waals surface area contributed by atoms with Crippen molar-refractivity contribution in [3.63, 3.8) is 0 Å². The first kappa shape index (κ1) is 12.6. The number of ketones is 1. The quantitative estimate of drug-likeness (QED) is 0.776. The second kappa shape index (κ2) is 5.19. The predicted molar refractivity (Wildman–Crippen MR) is 68.6 cm³/mol. The molecule has 1 fully saturated rings. The lowest BCUT2D eigenvalue weighted by atomic mass is 9.92. The highest BCUT2D eigenvalue weighted by Gasteiger charge is 2.27. The zero-order valence-corrected chi connectivity index (χ0v) is 11.2. The van der Waals surface area contributed by atoms with E-state index in [0.29, 0.717) is 17.4 Å². The van der Waals surface area contributed by atoms with Gasteiger partial charge in [-0.15, -0.1) is 11.3 Å². The van der Waals surface area contributed by atoms with Crippen molar-refractivity contribution < 1.29 is 9.59 Å². The molecule has 0 saturated carbocycles. The third kappa shape index (κ3) is 2.87. The molecule has 5 heteroatoms. The number of Topliss-reactive ketones (excluding diaryl/α,β-unsaturated/α-hetero) is 1. The van der Waals surface area contributed by atoms with Crippen molar-refractivity contribution in [2.45, 2.75) is 19.8 Å². The molecule has 0 N–H and O–H groups in total. The van der Waals surface area contributed by atoms with Crippen LogP contribution in [0.25, 0.3) is 0 Å². The van der Waals surface area contributed by atoms with E-state index in [-0.39, 0.29) is 17.6 Å². The van der Waals surface area contributed by atoms with E-state index in [9.17, 15) is 9.59 Å². The van der Waals surface area contributed by atoms with Crippen LogP contribution in [-0.4, -0.2) is 29.7 Å². The van der Waals surface area contributed by atoms with Crippen LogP contribution in [0.1, 0.15) is 29.4 Å². The molecule has 92 valence electrons. The van der Waals surface area contributed by atoms with Crippen LogP contribution in [0.3, 0.4) is 0 Å². The molecule has 0 spiro atoms. The zero-order chi connectivity index (χ0) is 12.4. The highest BCUT2D eigenvalue weighted by molar-refractivity contribution is 7.18. The third-order valence-electron chi connectivity index (χ3n) is 3.13. The SMILES string of the molecule is CC(=O)N1CCC(C(=O)c2ccc(Cl)s2)CC1. The first-order valence-electron chi connectivity index (χ1n) is 5.63. The average molecular weight is 272 g/mol. The molecular weight excluding hydrogens is 258 g/mol. The number of likely N-dealkylation sites (tertiary alicyclic amines) is 1. The molecule has 1 amide bonds. The van der Waals surface area contributed by atoms with Gasteiger partial charge in [0.25, 0.3) is 0 Å². The second-order valence-corrected chi connectivity index (χ2v) is 5.96. The van der Waals surface area contributed by atoms with Crippen molar-refractivity contribution in [3.8, 4) is 0 Å². The Hall–Kier alpha value is -0.870. The van der Waals surface area contributed by atoms with E-state index in [0.717, 1.165) is 17.7 Å². The van der Waals surface area contributed by atoms with Gasteiger partial charge in [-0.3, -0.25) is 9.59 Å². The highest BCUT2D eigenvalue weighted by atomic mass is 35.5. The molecule has 1 aliphatic heterocycles. The van der Waals surface area contributed by atoms with Crippen molar-refractivity contribution in [3.05, 3.63) is 21.3 Å². The van der Waals surface area contributed by atoms with Gasteiger partial charge in [0.2, 0.25) is 5.91 Å². The van der Waals surface area contributed by atoms with E-state index < -0.39 is 0 Å². The molecule has 1 aromatic rings. The monoisotopic (exact) mass is 271 g/mol. The van der Waals surface area contributed by atoms with Crippen LogP contribution < -0.4 is 0 Å². The minimum atomic E-state index is 0.0420. The van der Waals surface area contributed by atoms with Crippen LogP contribution in [0.15, 0.2) is 12.1 Å². The van der Waals surface area contributed by atoms with Gasteiger partial charge in [-0.1, -0.05) is 11.6 Å². The molecule has 0 atom stereocenters. The van der Waals surface area contributed by atoms with Crippen LogP contribution in [0, 0.1) is 5.92 Å². The summed E-state index contributed by atoms with van der Waals surface area (Å²) in [5.41, 5.74) is 0. The van der Waals surface area contributed by atoms with Crippen molar-refractivity contribution in [2.75, 3.05) is 13.1 Å². The summed E-state index contributed by atoms with van der Waals surface area (Å²) in [5, 5.41) is 0. The molecule has 1 aromatic heterocycles. The number of carbonyl (C=O) groups excluding carboxylic acids is 2. The second-order valence-electron chi connectivity index (χ2n) is 4.25. The topological polar surface area (TPSA) is 37.4 Å². The van der Waals surface area contributed by atoms with Gasteiger partial charge in [0, 0.05) is 25.9 Å². The number of piperidine rings is 1. The largest absolute Gasteiger partial charge is 0.343 e. The maximum Gasteiger partial charge on any atom is 0.219 e. The number of amides is 1. The lowest BCUT2D eigenvalue weighted by Gasteiger charge is -2.30. The Balaban J connectivity index is 1.97. The van der Waals surface area contributed by atoms with Crippen LogP contribution in [0.2, 0.25) is 4.34 Å². The zero-order valence-electron chi connectivity index (χ0n) is 9.61. The summed E-state index contributed by atoms with van der Waals surface area (Å²) in [7, 11) is 0. The van der Waals surface area contributed by atoms with Crippen LogP contribution in [-0.2, 0) is 4.79 Å². The molecule has 0 aliphatic carbocycles. The molecule has 0 aromatic carbocycles. The lowest BCUT2D eigenvalue weighted by molar-refractivity contribution is -0.130. The third-order valence-corrected chi connectivity index (χ3v) is 4.37. The molecule has 1 aliphatic rings. The van der Waals surface area contributed by atoms with Gasteiger partial charge in [-0.25, -0.2) is 0 Å². The molecular formula is C12H14ClNO2S. The lowest BCUT2D eigenvalue weighted by Crippen LogP contribution is -2.38. The summed E-state index contributed by atoms with van der Waals surface area (Å²) in [5.74, 6) is 0.306. The Labute approximate surface area is 109 Å². The van der Waals surface area contributed by atoms with Gasteiger partial charge in [0.1, 0.15) is 0 Å². The van der Waals surface area contributed by atoms with Crippen LogP contribution in [0.4, 0.5) is 0 Å². The number of hydrogen-bond acceptors (Lipinski definition) is 3. The first-order chi connectivity index (χ1) is 8.08. The smallest absolute Gasteiger partial charge is 0.219 e. The fourth-order valence-corrected chi connectivity index (χ4v) is 3.17. The molecule has 1 saturated heterocycles. The Kier molecular flexibility index (Phi) is 3.84. The van der Waals surface area contributed by atoms with E-state index in [1.165, 1.54) is 11.3 Å². The normalized spacial score (nSPS) is 17.2. The summed E-state index contributed by atoms with van der Waals surface area (Å²) in [6.07, 6.45) is 1.52. The summed E-state index contributed by atoms with van der Waals surface area (Å²) in [6, 6.07) is 3.54. The van der Waals surface area contributed by atoms with Crippen LogP contribution in [0.5, 0.6) is 0 Å². The van der Waals surface area contributed by atoms with Crippen molar-refractivity contribution in [1.82, 2.24) is 4.90 Å². The summed E-state index contributed by atoms with van der Waals surface area (Å²) < 4.78 is 0.648. The molecule has 3 nitrogen and oxygen atoms in total. The summed E-state index contributed by atoms with van der Waals surface area (Å²) >= 11 is 7.15. The molecule has 0 bridgehead atoms. The van der Waals surface area contributed by atoms with Gasteiger partial charge >= 0.3 is 0 Å². The average Bonchev–Trinajstić information content (AvgIpc) is 2.75.